The lowest BCUT2D eigenvalue weighted by molar-refractivity contribution is -0.123. The molecule has 2 atom stereocenters. The number of hydrogen-bond donors (Lipinski definition) is 2. The number of fused-ring (bicyclic) bond motifs is 7. The van der Waals surface area contributed by atoms with Crippen molar-refractivity contribution in [3.63, 3.8) is 0 Å². The van der Waals surface area contributed by atoms with Gasteiger partial charge >= 0.3 is 0 Å². The summed E-state index contributed by atoms with van der Waals surface area (Å²) in [5, 5.41) is 10.0. The zero-order valence-electron chi connectivity index (χ0n) is 22.4. The number of aryl methyl sites for hydroxylation is 2. The highest BCUT2D eigenvalue weighted by Crippen LogP contribution is 2.30. The van der Waals surface area contributed by atoms with Gasteiger partial charge in [-0.1, -0.05) is 12.1 Å². The SMILES string of the molecule is CCn1cc(S(=O)(=O)N2C[C@@H]3NC(=O)c4ccc(OC)c(c4)OCC(=O)NCc4ccc(cc4)O[C@H]3C2)c(C)n1. The highest BCUT2D eigenvalue weighted by Gasteiger charge is 2.42. The number of benzene rings is 2. The van der Waals surface area contributed by atoms with Crippen LogP contribution in [0.4, 0.5) is 0 Å². The van der Waals surface area contributed by atoms with Crippen molar-refractivity contribution < 1.29 is 32.2 Å². The molecule has 1 saturated heterocycles. The van der Waals surface area contributed by atoms with Gasteiger partial charge in [0.1, 0.15) is 16.7 Å². The summed E-state index contributed by atoms with van der Waals surface area (Å²) in [6, 6.07) is 11.1. The summed E-state index contributed by atoms with van der Waals surface area (Å²) in [5.74, 6) is 0.305. The van der Waals surface area contributed by atoms with Gasteiger partial charge < -0.3 is 24.8 Å². The zero-order valence-corrected chi connectivity index (χ0v) is 23.2. The minimum absolute atomic E-state index is 0.00546. The van der Waals surface area contributed by atoms with Crippen LogP contribution in [0.15, 0.2) is 53.6 Å². The summed E-state index contributed by atoms with van der Waals surface area (Å²) < 4.78 is 47.4. The van der Waals surface area contributed by atoms with E-state index in [0.717, 1.165) is 5.56 Å². The van der Waals surface area contributed by atoms with Gasteiger partial charge in [-0.25, -0.2) is 8.42 Å². The number of hydrogen-bond acceptors (Lipinski definition) is 8. The molecule has 0 aliphatic carbocycles. The molecular formula is C27H31N5O7S. The molecule has 40 heavy (non-hydrogen) atoms. The number of sulfonamides is 1. The zero-order chi connectivity index (χ0) is 28.4. The van der Waals surface area contributed by atoms with Crippen LogP contribution in [0.3, 0.4) is 0 Å². The summed E-state index contributed by atoms with van der Waals surface area (Å²) in [6.07, 6.45) is 0.850. The maximum Gasteiger partial charge on any atom is 0.258 e. The maximum atomic E-state index is 13.6. The Morgan fingerprint density at radius 2 is 1.90 bits per heavy atom. The molecule has 4 bridgehead atoms. The van der Waals surface area contributed by atoms with Crippen LogP contribution in [0.2, 0.25) is 0 Å². The molecule has 2 amide bonds. The monoisotopic (exact) mass is 569 g/mol. The Kier molecular flexibility index (Phi) is 7.68. The predicted octanol–water partition coefficient (Wildman–Crippen LogP) is 1.48. The molecule has 3 aromatic rings. The van der Waals surface area contributed by atoms with Gasteiger partial charge in [-0.2, -0.15) is 9.40 Å². The summed E-state index contributed by atoms with van der Waals surface area (Å²) in [6.45, 7) is 4.12. The molecular weight excluding hydrogens is 538 g/mol. The van der Waals surface area contributed by atoms with E-state index < -0.39 is 28.1 Å². The van der Waals surface area contributed by atoms with Crippen molar-refractivity contribution in [2.24, 2.45) is 0 Å². The molecule has 13 heteroatoms. The normalized spacial score (nSPS) is 20.1. The first-order chi connectivity index (χ1) is 19.2. The fraction of sp³-hybridized carbons (Fsp3) is 0.370. The first kappa shape index (κ1) is 27.5. The lowest BCUT2D eigenvalue weighted by atomic mass is 10.1. The molecule has 12 nitrogen and oxygen atoms in total. The molecule has 0 spiro atoms. The quantitative estimate of drug-likeness (QED) is 0.482. The number of nitrogens with one attached hydrogen (secondary N) is 2. The minimum Gasteiger partial charge on any atom is -0.493 e. The van der Waals surface area contributed by atoms with Crippen LogP contribution in [-0.4, -0.2) is 73.3 Å². The van der Waals surface area contributed by atoms with Crippen molar-refractivity contribution in [3.05, 3.63) is 65.5 Å². The number of rotatable bonds is 4. The van der Waals surface area contributed by atoms with Crippen molar-refractivity contribution in [3.8, 4) is 17.2 Å². The first-order valence-corrected chi connectivity index (χ1v) is 14.3. The Hall–Kier alpha value is -4.10. The minimum atomic E-state index is -3.91. The summed E-state index contributed by atoms with van der Waals surface area (Å²) >= 11 is 0. The van der Waals surface area contributed by atoms with Gasteiger partial charge in [0.05, 0.1) is 25.4 Å². The number of carbonyl (C=O) groups excluding carboxylic acids is 2. The number of aromatic nitrogens is 2. The van der Waals surface area contributed by atoms with Crippen molar-refractivity contribution in [1.29, 1.82) is 0 Å². The van der Waals surface area contributed by atoms with Gasteiger partial charge in [-0.3, -0.25) is 14.3 Å². The van der Waals surface area contributed by atoms with E-state index in [-0.39, 0.29) is 48.4 Å². The van der Waals surface area contributed by atoms with Gasteiger partial charge in [0, 0.05) is 31.4 Å². The van der Waals surface area contributed by atoms with Crippen LogP contribution in [0.25, 0.3) is 0 Å². The molecule has 0 unspecified atom stereocenters. The first-order valence-electron chi connectivity index (χ1n) is 12.9. The third kappa shape index (κ3) is 5.61. The van der Waals surface area contributed by atoms with Crippen LogP contribution >= 0.6 is 0 Å². The molecule has 0 radical (unpaired) electrons. The van der Waals surface area contributed by atoms with Crippen molar-refractivity contribution in [2.75, 3.05) is 26.8 Å². The third-order valence-corrected chi connectivity index (χ3v) is 8.81. The second-order valence-corrected chi connectivity index (χ2v) is 11.5. The highest BCUT2D eigenvalue weighted by molar-refractivity contribution is 7.89. The Morgan fingerprint density at radius 1 is 1.12 bits per heavy atom. The van der Waals surface area contributed by atoms with Crippen LogP contribution in [-0.2, 0) is 27.9 Å². The van der Waals surface area contributed by atoms with Gasteiger partial charge in [0.25, 0.3) is 11.8 Å². The van der Waals surface area contributed by atoms with Crippen LogP contribution < -0.4 is 24.8 Å². The van der Waals surface area contributed by atoms with E-state index in [2.05, 4.69) is 15.7 Å². The van der Waals surface area contributed by atoms with Crippen LogP contribution in [0.1, 0.15) is 28.5 Å². The van der Waals surface area contributed by atoms with E-state index in [1.54, 1.807) is 48.0 Å². The van der Waals surface area contributed by atoms with Crippen LogP contribution in [0, 0.1) is 6.92 Å². The molecule has 3 aliphatic heterocycles. The van der Waals surface area contributed by atoms with E-state index in [1.807, 2.05) is 6.92 Å². The number of methoxy groups -OCH3 is 1. The Labute approximate surface area is 232 Å². The van der Waals surface area contributed by atoms with Crippen molar-refractivity contribution >= 4 is 21.8 Å². The molecule has 0 saturated carbocycles. The van der Waals surface area contributed by atoms with Crippen molar-refractivity contribution in [1.82, 2.24) is 24.7 Å². The summed E-state index contributed by atoms with van der Waals surface area (Å²) in [7, 11) is -2.45. The fourth-order valence-electron chi connectivity index (χ4n) is 4.69. The highest BCUT2D eigenvalue weighted by atomic mass is 32.2. The van der Waals surface area contributed by atoms with Crippen molar-refractivity contribution in [2.45, 2.75) is 44.0 Å². The molecule has 1 aromatic heterocycles. The topological polar surface area (TPSA) is 141 Å². The lowest BCUT2D eigenvalue weighted by Gasteiger charge is -2.21. The molecule has 4 heterocycles. The number of ether oxygens (including phenoxy) is 3. The third-order valence-electron chi connectivity index (χ3n) is 6.88. The largest absolute Gasteiger partial charge is 0.493 e. The second kappa shape index (κ2) is 11.2. The van der Waals surface area contributed by atoms with E-state index in [4.69, 9.17) is 14.2 Å². The van der Waals surface area contributed by atoms with Gasteiger partial charge in [-0.15, -0.1) is 0 Å². The average molecular weight is 570 g/mol. The van der Waals surface area contributed by atoms with E-state index in [0.29, 0.717) is 23.7 Å². The van der Waals surface area contributed by atoms with Crippen LogP contribution in [0.5, 0.6) is 17.2 Å². The lowest BCUT2D eigenvalue weighted by Crippen LogP contribution is -2.45. The smallest absolute Gasteiger partial charge is 0.258 e. The molecule has 2 aromatic carbocycles. The Morgan fingerprint density at radius 3 is 2.60 bits per heavy atom. The fourth-order valence-corrected chi connectivity index (χ4v) is 6.33. The number of amides is 2. The Bertz CT molecular complexity index is 1520. The summed E-state index contributed by atoms with van der Waals surface area (Å²) in [5.41, 5.74) is 1.50. The van der Waals surface area contributed by atoms with E-state index in [9.17, 15) is 18.0 Å². The van der Waals surface area contributed by atoms with Gasteiger partial charge in [0.15, 0.2) is 18.1 Å². The molecule has 212 valence electrons. The molecule has 1 fully saturated rings. The van der Waals surface area contributed by atoms with E-state index >= 15 is 0 Å². The molecule has 6 rings (SSSR count). The second-order valence-electron chi connectivity index (χ2n) is 9.57. The number of nitrogens with zero attached hydrogens (tertiary/aromatic N) is 3. The predicted molar refractivity (Wildman–Crippen MR) is 144 cm³/mol. The van der Waals surface area contributed by atoms with Gasteiger partial charge in [-0.05, 0) is 49.7 Å². The average Bonchev–Trinajstić information content (AvgIpc) is 3.54. The standard InChI is InChI=1S/C27H31N5O7S/c1-4-31-15-25(17(2)30-31)40(35,36)32-13-21-24(14-32)39-20-8-5-18(6-9-20)12-28-26(33)16-38-23-11-19(27(34)29-21)7-10-22(23)37-3/h5-11,15,21,24H,4,12-14,16H2,1-3H3,(H,28,33)(H,29,34)/t21-,24-/m0/s1. The maximum absolute atomic E-state index is 13.6. The van der Waals surface area contributed by atoms with E-state index in [1.165, 1.54) is 23.7 Å². The van der Waals surface area contributed by atoms with Gasteiger partial charge in [0.2, 0.25) is 10.0 Å². The summed E-state index contributed by atoms with van der Waals surface area (Å²) in [4.78, 5) is 25.8. The Balaban J connectivity index is 1.48. The molecule has 3 aliphatic rings. The molecule has 2 N–H and O–H groups in total. The number of carbonyl (C=O) groups is 2.